The summed E-state index contributed by atoms with van der Waals surface area (Å²) in [6.07, 6.45) is 0.712. The van der Waals surface area contributed by atoms with Crippen LogP contribution in [0.5, 0.6) is 0 Å². The van der Waals surface area contributed by atoms with Crippen LogP contribution in [0.25, 0.3) is 10.9 Å². The number of carbonyl (C=O) groups is 2. The van der Waals surface area contributed by atoms with Gasteiger partial charge in [0.2, 0.25) is 0 Å². The summed E-state index contributed by atoms with van der Waals surface area (Å²) >= 11 is 0. The minimum Gasteiger partial charge on any atom is -0.478 e. The Hall–Kier alpha value is -2.10. The minimum absolute atomic E-state index is 0.170. The Kier molecular flexibility index (Phi) is 2.27. The van der Waals surface area contributed by atoms with Crippen LogP contribution in [-0.4, -0.2) is 21.9 Å². The van der Waals surface area contributed by atoms with Crippen molar-refractivity contribution < 1.29 is 14.7 Å². The summed E-state index contributed by atoms with van der Waals surface area (Å²) in [5.74, 6) is -1.01. The van der Waals surface area contributed by atoms with Crippen LogP contribution in [0.1, 0.15) is 26.4 Å². The van der Waals surface area contributed by atoms with Gasteiger partial charge >= 0.3 is 5.97 Å². The molecular weight excluding hydrogens is 206 g/mol. The van der Waals surface area contributed by atoms with Crippen LogP contribution in [0.15, 0.2) is 18.2 Å². The standard InChI is InChI=1S/C12H11NO3/c1-7-9(6-14)11-8(12(15)16)4-3-5-10(11)13(7)2/h3-6H,1-2H3,(H,15,16). The first kappa shape index (κ1) is 10.4. The van der Waals surface area contributed by atoms with Crippen molar-refractivity contribution >= 4 is 23.2 Å². The molecule has 0 saturated heterocycles. The molecule has 0 aliphatic carbocycles. The number of fused-ring (bicyclic) bond motifs is 1. The molecule has 2 aromatic rings. The van der Waals surface area contributed by atoms with E-state index in [1.165, 1.54) is 6.07 Å². The number of rotatable bonds is 2. The summed E-state index contributed by atoms with van der Waals surface area (Å²) in [6.45, 7) is 1.80. The molecule has 0 bridgehead atoms. The zero-order valence-electron chi connectivity index (χ0n) is 9.02. The first-order chi connectivity index (χ1) is 7.57. The molecule has 4 heteroatoms. The molecule has 4 nitrogen and oxygen atoms in total. The molecule has 0 amide bonds. The maximum atomic E-state index is 11.1. The Morgan fingerprint density at radius 2 is 2.12 bits per heavy atom. The van der Waals surface area contributed by atoms with Crippen LogP contribution in [0.3, 0.4) is 0 Å². The first-order valence-electron chi connectivity index (χ1n) is 4.84. The van der Waals surface area contributed by atoms with E-state index >= 15 is 0 Å². The summed E-state index contributed by atoms with van der Waals surface area (Å²) in [4.78, 5) is 22.1. The third-order valence-electron chi connectivity index (χ3n) is 2.91. The monoisotopic (exact) mass is 217 g/mol. The van der Waals surface area contributed by atoms with Gasteiger partial charge in [0.1, 0.15) is 0 Å². The van der Waals surface area contributed by atoms with Crippen LogP contribution in [0.2, 0.25) is 0 Å². The van der Waals surface area contributed by atoms with Gasteiger partial charge in [0.25, 0.3) is 0 Å². The van der Waals surface area contributed by atoms with Crippen molar-refractivity contribution in [2.75, 3.05) is 0 Å². The summed E-state index contributed by atoms with van der Waals surface area (Å²) < 4.78 is 1.82. The van der Waals surface area contributed by atoms with Crippen LogP contribution in [-0.2, 0) is 7.05 Å². The molecule has 1 aromatic heterocycles. The minimum atomic E-state index is -1.01. The number of carboxylic acid groups (broad SMARTS) is 1. The average molecular weight is 217 g/mol. The normalized spacial score (nSPS) is 10.6. The number of aryl methyl sites for hydroxylation is 1. The molecule has 0 aliphatic rings. The SMILES string of the molecule is Cc1c(C=O)c2c(C(=O)O)cccc2n1C. The number of aromatic carboxylic acids is 1. The van der Waals surface area contributed by atoms with E-state index in [2.05, 4.69) is 0 Å². The average Bonchev–Trinajstić information content (AvgIpc) is 2.51. The van der Waals surface area contributed by atoms with Crippen LogP contribution in [0, 0.1) is 6.92 Å². The summed E-state index contributed by atoms with van der Waals surface area (Å²) in [5.41, 5.74) is 2.16. The summed E-state index contributed by atoms with van der Waals surface area (Å²) in [5, 5.41) is 9.60. The molecule has 0 aliphatic heterocycles. The molecule has 1 N–H and O–H groups in total. The van der Waals surface area contributed by atoms with Crippen molar-refractivity contribution in [1.82, 2.24) is 4.57 Å². The van der Waals surface area contributed by atoms with Crippen molar-refractivity contribution in [3.63, 3.8) is 0 Å². The molecule has 0 spiro atoms. The Morgan fingerprint density at radius 1 is 1.44 bits per heavy atom. The highest BCUT2D eigenvalue weighted by Crippen LogP contribution is 2.26. The predicted octanol–water partition coefficient (Wildman–Crippen LogP) is 2.00. The lowest BCUT2D eigenvalue weighted by Crippen LogP contribution is -1.97. The molecule has 1 heterocycles. The van der Waals surface area contributed by atoms with Gasteiger partial charge in [-0.25, -0.2) is 4.79 Å². The Balaban J connectivity index is 3.01. The van der Waals surface area contributed by atoms with E-state index in [0.29, 0.717) is 17.2 Å². The van der Waals surface area contributed by atoms with Gasteiger partial charge in [-0.05, 0) is 19.1 Å². The van der Waals surface area contributed by atoms with Gasteiger partial charge < -0.3 is 9.67 Å². The van der Waals surface area contributed by atoms with Crippen LogP contribution < -0.4 is 0 Å². The lowest BCUT2D eigenvalue weighted by atomic mass is 10.1. The molecule has 0 fully saturated rings. The van der Waals surface area contributed by atoms with E-state index in [9.17, 15) is 9.59 Å². The number of hydrogen-bond acceptors (Lipinski definition) is 2. The predicted molar refractivity (Wildman–Crippen MR) is 60.0 cm³/mol. The van der Waals surface area contributed by atoms with Crippen molar-refractivity contribution in [1.29, 1.82) is 0 Å². The molecule has 16 heavy (non-hydrogen) atoms. The first-order valence-corrected chi connectivity index (χ1v) is 4.84. The van der Waals surface area contributed by atoms with E-state index < -0.39 is 5.97 Å². The van der Waals surface area contributed by atoms with Crippen molar-refractivity contribution in [3.05, 3.63) is 35.0 Å². The van der Waals surface area contributed by atoms with Gasteiger partial charge in [-0.2, -0.15) is 0 Å². The molecule has 0 atom stereocenters. The van der Waals surface area contributed by atoms with E-state index in [0.717, 1.165) is 11.2 Å². The van der Waals surface area contributed by atoms with E-state index in [1.807, 2.05) is 17.7 Å². The number of aromatic nitrogens is 1. The van der Waals surface area contributed by atoms with Gasteiger partial charge in [-0.15, -0.1) is 0 Å². The Labute approximate surface area is 92.1 Å². The quantitative estimate of drug-likeness (QED) is 0.782. The zero-order chi connectivity index (χ0) is 11.9. The molecular formula is C12H11NO3. The second-order valence-electron chi connectivity index (χ2n) is 3.68. The van der Waals surface area contributed by atoms with Gasteiger partial charge in [-0.3, -0.25) is 4.79 Å². The van der Waals surface area contributed by atoms with Gasteiger partial charge in [0, 0.05) is 29.2 Å². The van der Waals surface area contributed by atoms with Gasteiger partial charge in [0.15, 0.2) is 6.29 Å². The van der Waals surface area contributed by atoms with Crippen LogP contribution >= 0.6 is 0 Å². The molecule has 2 rings (SSSR count). The highest BCUT2D eigenvalue weighted by atomic mass is 16.4. The fraction of sp³-hybridized carbons (Fsp3) is 0.167. The van der Waals surface area contributed by atoms with E-state index in [4.69, 9.17) is 5.11 Å². The number of hydrogen-bond donors (Lipinski definition) is 1. The second-order valence-corrected chi connectivity index (χ2v) is 3.68. The van der Waals surface area contributed by atoms with Crippen LogP contribution in [0.4, 0.5) is 0 Å². The molecule has 82 valence electrons. The third-order valence-corrected chi connectivity index (χ3v) is 2.91. The zero-order valence-corrected chi connectivity index (χ0v) is 9.02. The second kappa shape index (κ2) is 3.48. The summed E-state index contributed by atoms with van der Waals surface area (Å²) in [6, 6.07) is 5.00. The lowest BCUT2D eigenvalue weighted by molar-refractivity contribution is 0.0699. The van der Waals surface area contributed by atoms with Gasteiger partial charge in [0.05, 0.1) is 5.56 Å². The third kappa shape index (κ3) is 1.23. The van der Waals surface area contributed by atoms with Gasteiger partial charge in [-0.1, -0.05) is 6.07 Å². The van der Waals surface area contributed by atoms with E-state index in [-0.39, 0.29) is 5.56 Å². The topological polar surface area (TPSA) is 59.3 Å². The number of carbonyl (C=O) groups excluding carboxylic acids is 1. The van der Waals surface area contributed by atoms with Crippen molar-refractivity contribution in [3.8, 4) is 0 Å². The maximum absolute atomic E-state index is 11.1. The largest absolute Gasteiger partial charge is 0.478 e. The molecule has 0 unspecified atom stereocenters. The fourth-order valence-electron chi connectivity index (χ4n) is 1.97. The number of nitrogens with zero attached hydrogens (tertiary/aromatic N) is 1. The molecule has 0 saturated carbocycles. The highest BCUT2D eigenvalue weighted by Gasteiger charge is 2.17. The number of carboxylic acids is 1. The summed E-state index contributed by atoms with van der Waals surface area (Å²) in [7, 11) is 1.82. The smallest absolute Gasteiger partial charge is 0.336 e. The Morgan fingerprint density at radius 3 is 2.69 bits per heavy atom. The lowest BCUT2D eigenvalue weighted by Gasteiger charge is -1.99. The highest BCUT2D eigenvalue weighted by molar-refractivity contribution is 6.10. The maximum Gasteiger partial charge on any atom is 0.336 e. The fourth-order valence-corrected chi connectivity index (χ4v) is 1.97. The van der Waals surface area contributed by atoms with E-state index in [1.54, 1.807) is 13.0 Å². The number of benzene rings is 1. The Bertz CT molecular complexity index is 596. The molecule has 1 aromatic carbocycles. The van der Waals surface area contributed by atoms with Crippen molar-refractivity contribution in [2.24, 2.45) is 7.05 Å². The number of aldehydes is 1. The molecule has 0 radical (unpaired) electrons. The van der Waals surface area contributed by atoms with Crippen molar-refractivity contribution in [2.45, 2.75) is 6.92 Å².